The number of likely N-dealkylation sites (tertiary alicyclic amines) is 1. The van der Waals surface area contributed by atoms with Gasteiger partial charge in [0.2, 0.25) is 0 Å². The number of carbonyl (C=O) groups excluding carboxylic acids is 2. The standard InChI is InChI=1S/C29H34N2O3/c1-5-27(30-4)20-26(29(33)34-6-2)19-25-16-13-22(10-9-21(25)3)23-11-14-24(15-12-23)28(32)31-17-7-8-18-31/h5,9-15,19,30H,6-8,17-18,20H2,1-4H3/b26-19+,27-5-. The van der Waals surface area contributed by atoms with E-state index in [4.69, 9.17) is 4.74 Å². The third-order valence-corrected chi connectivity index (χ3v) is 6.09. The summed E-state index contributed by atoms with van der Waals surface area (Å²) in [7, 11) is 1.84. The summed E-state index contributed by atoms with van der Waals surface area (Å²) in [5, 5.41) is 3.12. The zero-order valence-corrected chi connectivity index (χ0v) is 20.6. The lowest BCUT2D eigenvalue weighted by atomic mass is 10.0. The van der Waals surface area contributed by atoms with E-state index >= 15 is 0 Å². The van der Waals surface area contributed by atoms with E-state index in [0.29, 0.717) is 18.6 Å². The van der Waals surface area contributed by atoms with Gasteiger partial charge in [0.05, 0.1) is 6.61 Å². The maximum absolute atomic E-state index is 12.6. The van der Waals surface area contributed by atoms with Crippen molar-refractivity contribution in [2.45, 2.75) is 40.0 Å². The highest BCUT2D eigenvalue weighted by Gasteiger charge is 2.19. The van der Waals surface area contributed by atoms with Crippen molar-refractivity contribution in [3.8, 4) is 0 Å². The summed E-state index contributed by atoms with van der Waals surface area (Å²) in [6, 6.07) is 7.75. The fourth-order valence-electron chi connectivity index (χ4n) is 3.99. The van der Waals surface area contributed by atoms with Gasteiger partial charge in [-0.2, -0.15) is 0 Å². The Morgan fingerprint density at radius 1 is 1.15 bits per heavy atom. The van der Waals surface area contributed by atoms with Crippen LogP contribution in [0.25, 0.3) is 5.57 Å². The minimum absolute atomic E-state index is 0.103. The number of hydrogen-bond acceptors (Lipinski definition) is 4. The van der Waals surface area contributed by atoms with Gasteiger partial charge in [-0.05, 0) is 74.6 Å². The second-order valence-corrected chi connectivity index (χ2v) is 8.38. The number of benzene rings is 1. The Labute approximate surface area is 202 Å². The average Bonchev–Trinajstić information content (AvgIpc) is 3.33. The van der Waals surface area contributed by atoms with Crippen LogP contribution in [-0.4, -0.2) is 43.5 Å². The van der Waals surface area contributed by atoms with Gasteiger partial charge in [-0.25, -0.2) is 4.79 Å². The Balaban J connectivity index is 1.87. The zero-order valence-electron chi connectivity index (χ0n) is 20.6. The molecule has 1 aromatic rings. The molecule has 2 aliphatic rings. The number of rotatable bonds is 8. The minimum Gasteiger partial charge on any atom is -0.463 e. The predicted molar refractivity (Wildman–Crippen MR) is 137 cm³/mol. The van der Waals surface area contributed by atoms with Gasteiger partial charge in [-0.15, -0.1) is 5.73 Å². The molecule has 0 aromatic heterocycles. The van der Waals surface area contributed by atoms with Gasteiger partial charge in [-0.1, -0.05) is 30.4 Å². The van der Waals surface area contributed by atoms with E-state index in [1.165, 1.54) is 0 Å². The zero-order chi connectivity index (χ0) is 24.5. The lowest BCUT2D eigenvalue weighted by molar-refractivity contribution is -0.138. The molecule has 0 radical (unpaired) electrons. The summed E-state index contributed by atoms with van der Waals surface area (Å²) in [4.78, 5) is 27.1. The van der Waals surface area contributed by atoms with Crippen LogP contribution in [0, 0.1) is 0 Å². The normalized spacial score (nSPS) is 16.5. The highest BCUT2D eigenvalue weighted by Crippen LogP contribution is 2.24. The largest absolute Gasteiger partial charge is 0.463 e. The average molecular weight is 459 g/mol. The van der Waals surface area contributed by atoms with Crippen LogP contribution in [0.1, 0.15) is 56.0 Å². The van der Waals surface area contributed by atoms with Crippen LogP contribution in [0.2, 0.25) is 0 Å². The van der Waals surface area contributed by atoms with Gasteiger partial charge in [0, 0.05) is 49.0 Å². The smallest absolute Gasteiger partial charge is 0.334 e. The van der Waals surface area contributed by atoms with Crippen molar-refractivity contribution < 1.29 is 14.3 Å². The summed E-state index contributed by atoms with van der Waals surface area (Å²) in [5.74, 6) is -0.221. The molecular formula is C29H34N2O3. The van der Waals surface area contributed by atoms with Gasteiger partial charge in [-0.3, -0.25) is 4.79 Å². The second kappa shape index (κ2) is 12.1. The number of carbonyl (C=O) groups is 2. The topological polar surface area (TPSA) is 58.6 Å². The number of allylic oxidation sites excluding steroid dienone is 8. The molecule has 178 valence electrons. The quantitative estimate of drug-likeness (QED) is 0.324. The fourth-order valence-corrected chi connectivity index (χ4v) is 3.99. The van der Waals surface area contributed by atoms with Crippen molar-refractivity contribution in [2.24, 2.45) is 0 Å². The molecule has 3 rings (SSSR count). The molecule has 0 unspecified atom stereocenters. The van der Waals surface area contributed by atoms with Gasteiger partial charge in [0.25, 0.3) is 5.91 Å². The summed E-state index contributed by atoms with van der Waals surface area (Å²) < 4.78 is 5.28. The molecule has 1 fully saturated rings. The van der Waals surface area contributed by atoms with E-state index in [-0.39, 0.29) is 11.9 Å². The van der Waals surface area contributed by atoms with Crippen molar-refractivity contribution in [3.05, 3.63) is 93.9 Å². The van der Waals surface area contributed by atoms with E-state index in [2.05, 4.69) is 11.0 Å². The molecule has 1 heterocycles. The SMILES string of the molecule is C/C=C(/C/C(=C\C1=C=CC(c2ccc(C(=O)N3CCCC3)cc2)=CC=C1C)C(=O)OCC)NC. The van der Waals surface area contributed by atoms with Gasteiger partial charge >= 0.3 is 5.97 Å². The fraction of sp³-hybridized carbons (Fsp3) is 0.345. The second-order valence-electron chi connectivity index (χ2n) is 8.38. The number of ether oxygens (including phenoxy) is 1. The van der Waals surface area contributed by atoms with Crippen molar-refractivity contribution in [1.29, 1.82) is 0 Å². The van der Waals surface area contributed by atoms with E-state index < -0.39 is 0 Å². The Morgan fingerprint density at radius 2 is 1.85 bits per heavy atom. The van der Waals surface area contributed by atoms with E-state index in [1.54, 1.807) is 6.92 Å². The Bertz CT molecular complexity index is 1100. The first-order chi connectivity index (χ1) is 16.5. The van der Waals surface area contributed by atoms with Crippen LogP contribution >= 0.6 is 0 Å². The minimum atomic E-state index is -0.324. The van der Waals surface area contributed by atoms with E-state index in [0.717, 1.165) is 59.5 Å². The van der Waals surface area contributed by atoms with Crippen molar-refractivity contribution in [1.82, 2.24) is 10.2 Å². The molecule has 1 N–H and O–H groups in total. The molecule has 1 saturated heterocycles. The number of nitrogens with one attached hydrogen (secondary N) is 1. The Morgan fingerprint density at radius 3 is 2.47 bits per heavy atom. The summed E-state index contributed by atoms with van der Waals surface area (Å²) in [6.45, 7) is 7.76. The van der Waals surface area contributed by atoms with Crippen LogP contribution in [0.15, 0.2) is 82.8 Å². The van der Waals surface area contributed by atoms with Crippen LogP contribution in [0.3, 0.4) is 0 Å². The van der Waals surface area contributed by atoms with Gasteiger partial charge < -0.3 is 15.0 Å². The van der Waals surface area contributed by atoms with Crippen LogP contribution in [0.4, 0.5) is 0 Å². The molecule has 0 atom stereocenters. The highest BCUT2D eigenvalue weighted by atomic mass is 16.5. The summed E-state index contributed by atoms with van der Waals surface area (Å²) >= 11 is 0. The van der Waals surface area contributed by atoms with Crippen molar-refractivity contribution in [2.75, 3.05) is 26.7 Å². The summed E-state index contributed by atoms with van der Waals surface area (Å²) in [6.07, 6.45) is 12.4. The van der Waals surface area contributed by atoms with E-state index in [1.807, 2.05) is 80.4 Å². The Hall–Kier alpha value is -3.56. The van der Waals surface area contributed by atoms with Crippen LogP contribution < -0.4 is 5.32 Å². The Kier molecular flexibility index (Phi) is 8.89. The van der Waals surface area contributed by atoms with Crippen molar-refractivity contribution >= 4 is 17.4 Å². The van der Waals surface area contributed by atoms with Gasteiger partial charge in [0.15, 0.2) is 0 Å². The predicted octanol–water partition coefficient (Wildman–Crippen LogP) is 5.35. The van der Waals surface area contributed by atoms with E-state index in [9.17, 15) is 9.59 Å². The first-order valence-electron chi connectivity index (χ1n) is 11.9. The molecule has 1 aliphatic carbocycles. The molecule has 1 aromatic carbocycles. The maximum atomic E-state index is 12.6. The maximum Gasteiger partial charge on any atom is 0.334 e. The number of esters is 1. The van der Waals surface area contributed by atoms with Gasteiger partial charge in [0.1, 0.15) is 0 Å². The number of amides is 1. The summed E-state index contributed by atoms with van der Waals surface area (Å²) in [5.41, 5.74) is 9.43. The number of hydrogen-bond donors (Lipinski definition) is 1. The lowest BCUT2D eigenvalue weighted by Crippen LogP contribution is -2.27. The molecule has 1 aliphatic heterocycles. The lowest BCUT2D eigenvalue weighted by Gasteiger charge is -2.15. The first-order valence-corrected chi connectivity index (χ1v) is 11.9. The third kappa shape index (κ3) is 6.27. The molecule has 0 saturated carbocycles. The molecule has 0 spiro atoms. The third-order valence-electron chi connectivity index (χ3n) is 6.09. The molecule has 5 heteroatoms. The number of nitrogens with zero attached hydrogens (tertiary/aromatic N) is 1. The van der Waals surface area contributed by atoms with Crippen molar-refractivity contribution in [3.63, 3.8) is 0 Å². The molecule has 34 heavy (non-hydrogen) atoms. The van der Waals surface area contributed by atoms with Crippen LogP contribution in [0.5, 0.6) is 0 Å². The first kappa shape index (κ1) is 25.1. The molecule has 1 amide bonds. The molecular weight excluding hydrogens is 424 g/mol. The molecule has 5 nitrogen and oxygen atoms in total. The molecule has 0 bridgehead atoms. The monoisotopic (exact) mass is 458 g/mol. The highest BCUT2D eigenvalue weighted by molar-refractivity contribution is 5.95. The van der Waals surface area contributed by atoms with Crippen LogP contribution in [-0.2, 0) is 9.53 Å².